The number of carbonyl (C=O) groups is 4. The molecule has 1 atom stereocenters. The van der Waals surface area contributed by atoms with Crippen LogP contribution in [0, 0.1) is 5.92 Å². The molecule has 14 nitrogen and oxygen atoms in total. The summed E-state index contributed by atoms with van der Waals surface area (Å²) in [6.45, 7) is 1.94. The van der Waals surface area contributed by atoms with E-state index in [0.717, 1.165) is 11.1 Å². The normalized spacial score (nSPS) is 18.6. The highest BCUT2D eigenvalue weighted by Gasteiger charge is 2.46. The zero-order valence-corrected chi connectivity index (χ0v) is 30.7. The molecule has 2 saturated heterocycles. The Morgan fingerprint density at radius 2 is 1.56 bits per heavy atom. The summed E-state index contributed by atoms with van der Waals surface area (Å²) < 4.78 is 29.7. The van der Waals surface area contributed by atoms with Crippen molar-refractivity contribution in [2.24, 2.45) is 5.92 Å². The van der Waals surface area contributed by atoms with Crippen LogP contribution in [0.3, 0.4) is 0 Å². The molecule has 4 aromatic rings. The average Bonchev–Trinajstić information content (AvgIpc) is 3.58. The molecule has 8 aliphatic heterocycles. The number of nitrogens with one attached hydrogen (secondary N) is 2. The van der Waals surface area contributed by atoms with Gasteiger partial charge in [-0.3, -0.25) is 24.2 Å². The first kappa shape index (κ1) is 37.0. The minimum absolute atomic E-state index is 0.0605. The number of hydrogen-bond donors (Lipinski definition) is 2. The number of nitrogens with zero attached hydrogens (tertiary/aromatic N) is 3. The number of aromatic nitrogens is 1. The second-order valence-electron chi connectivity index (χ2n) is 13.7. The number of hydrogen-bond acceptors (Lipinski definition) is 10. The fraction of sp³-hybridized carbons (Fsp3) is 0.341. The number of rotatable bonds is 5. The molecule has 8 aliphatic rings. The van der Waals surface area contributed by atoms with Crippen molar-refractivity contribution < 1.29 is 42.9 Å². The van der Waals surface area contributed by atoms with E-state index >= 15 is 0 Å². The number of ether oxygens (including phenoxy) is 5. The first-order valence-corrected chi connectivity index (χ1v) is 18.2. The van der Waals surface area contributed by atoms with Gasteiger partial charge in [-0.2, -0.15) is 0 Å². The van der Waals surface area contributed by atoms with Gasteiger partial charge in [0.2, 0.25) is 11.8 Å². The minimum Gasteiger partial charge on any atom is -0.493 e. The fourth-order valence-corrected chi connectivity index (χ4v) is 7.05. The molecule has 1 spiro atoms. The summed E-state index contributed by atoms with van der Waals surface area (Å²) in [6, 6.07) is 20.9. The molecule has 9 heterocycles. The predicted molar refractivity (Wildman–Crippen MR) is 199 cm³/mol. The quantitative estimate of drug-likeness (QED) is 0.304. The summed E-state index contributed by atoms with van der Waals surface area (Å²) in [5.74, 6) is 1.36. The van der Waals surface area contributed by atoms with Crippen molar-refractivity contribution in [2.75, 3.05) is 47.0 Å². The van der Waals surface area contributed by atoms with Crippen LogP contribution >= 0.6 is 0 Å². The molecule has 0 saturated carbocycles. The van der Waals surface area contributed by atoms with Crippen LogP contribution in [0.25, 0.3) is 0 Å². The third-order valence-electron chi connectivity index (χ3n) is 10.1. The maximum atomic E-state index is 14.2. The SMILES string of the molecule is COc1cc2ccc1Oc1ccc(cc1OC)C(=O)NCCOc1ccc(cc1)OC1(CCN(C(=O)C3CC(=O)N(Cc4ccncc4)C3)CC1)C(=O)NC2. The maximum Gasteiger partial charge on any atom is 0.264 e. The van der Waals surface area contributed by atoms with E-state index in [-0.39, 0.29) is 75.7 Å². The number of methoxy groups -OCH3 is 2. The lowest BCUT2D eigenvalue weighted by molar-refractivity contribution is -0.148. The average molecular weight is 750 g/mol. The van der Waals surface area contributed by atoms with Crippen LogP contribution in [0.2, 0.25) is 0 Å². The fourth-order valence-electron chi connectivity index (χ4n) is 7.05. The summed E-state index contributed by atoms with van der Waals surface area (Å²) in [5.41, 5.74) is 0.812. The van der Waals surface area contributed by atoms with Crippen LogP contribution in [-0.2, 0) is 27.5 Å². The van der Waals surface area contributed by atoms with E-state index in [9.17, 15) is 19.2 Å². The predicted octanol–water partition coefficient (Wildman–Crippen LogP) is 4.12. The second kappa shape index (κ2) is 16.4. The molecule has 0 radical (unpaired) electrons. The highest BCUT2D eigenvalue weighted by atomic mass is 16.5. The maximum absolute atomic E-state index is 14.2. The van der Waals surface area contributed by atoms with Gasteiger partial charge in [-0.25, -0.2) is 0 Å². The Labute approximate surface area is 318 Å². The number of benzene rings is 3. The van der Waals surface area contributed by atoms with Crippen LogP contribution in [0.4, 0.5) is 0 Å². The van der Waals surface area contributed by atoms with Gasteiger partial charge in [-0.05, 0) is 77.9 Å². The lowest BCUT2D eigenvalue weighted by Crippen LogP contribution is -2.58. The number of likely N-dealkylation sites (tertiary alicyclic amines) is 2. The van der Waals surface area contributed by atoms with E-state index in [4.69, 9.17) is 23.7 Å². The second-order valence-corrected chi connectivity index (χ2v) is 13.7. The number of carbonyl (C=O) groups excluding carboxylic acids is 4. The highest BCUT2D eigenvalue weighted by Crippen LogP contribution is 2.38. The molecular weight excluding hydrogens is 706 g/mol. The molecule has 14 heteroatoms. The van der Waals surface area contributed by atoms with Crippen LogP contribution in [0.1, 0.15) is 40.7 Å². The van der Waals surface area contributed by atoms with E-state index in [2.05, 4.69) is 15.6 Å². The molecule has 55 heavy (non-hydrogen) atoms. The lowest BCUT2D eigenvalue weighted by atomic mass is 9.89. The highest BCUT2D eigenvalue weighted by molar-refractivity contribution is 5.95. The molecule has 4 amide bonds. The van der Waals surface area contributed by atoms with Crippen molar-refractivity contribution in [3.8, 4) is 34.5 Å². The molecule has 0 aliphatic carbocycles. The number of amides is 4. The molecule has 6 bridgehead atoms. The first-order chi connectivity index (χ1) is 26.7. The van der Waals surface area contributed by atoms with Crippen LogP contribution in [-0.4, -0.2) is 91.0 Å². The van der Waals surface area contributed by atoms with Crippen molar-refractivity contribution in [1.82, 2.24) is 25.4 Å². The van der Waals surface area contributed by atoms with Crippen molar-refractivity contribution in [3.63, 3.8) is 0 Å². The first-order valence-electron chi connectivity index (χ1n) is 18.2. The Morgan fingerprint density at radius 1 is 0.873 bits per heavy atom. The lowest BCUT2D eigenvalue weighted by Gasteiger charge is -2.41. The van der Waals surface area contributed by atoms with Crippen LogP contribution < -0.4 is 34.3 Å². The van der Waals surface area contributed by atoms with Crippen molar-refractivity contribution >= 4 is 23.6 Å². The summed E-state index contributed by atoms with van der Waals surface area (Å²) >= 11 is 0. The molecule has 3 aromatic carbocycles. The Bertz CT molecular complexity index is 2030. The van der Waals surface area contributed by atoms with E-state index in [1.165, 1.54) is 14.2 Å². The van der Waals surface area contributed by atoms with Crippen molar-refractivity contribution in [1.29, 1.82) is 0 Å². The van der Waals surface area contributed by atoms with Gasteiger partial charge in [0.25, 0.3) is 11.8 Å². The minimum atomic E-state index is -1.28. The van der Waals surface area contributed by atoms with Crippen molar-refractivity contribution in [3.05, 3.63) is 102 Å². The van der Waals surface area contributed by atoms with E-state index in [1.54, 1.807) is 76.8 Å². The van der Waals surface area contributed by atoms with Gasteiger partial charge < -0.3 is 44.1 Å². The number of piperidine rings is 1. The third kappa shape index (κ3) is 8.43. The Hall–Kier alpha value is -6.31. The van der Waals surface area contributed by atoms with Gasteiger partial charge in [-0.15, -0.1) is 0 Å². The largest absolute Gasteiger partial charge is 0.493 e. The van der Waals surface area contributed by atoms with Gasteiger partial charge in [0, 0.05) is 69.9 Å². The molecule has 1 unspecified atom stereocenters. The van der Waals surface area contributed by atoms with Crippen LogP contribution in [0.5, 0.6) is 34.5 Å². The Balaban J connectivity index is 1.09. The number of pyridine rings is 1. The zero-order valence-electron chi connectivity index (χ0n) is 30.7. The summed E-state index contributed by atoms with van der Waals surface area (Å²) in [7, 11) is 3.02. The molecule has 12 rings (SSSR count). The standard InChI is InChI=1S/C41H43N5O9/c1-51-35-21-28-3-9-33(35)54-34-10-4-29(22-36(34)52-2)38(48)43-17-20-53-31-5-7-32(8-6-31)55-41(40(50)44-24-28)13-18-45(19-14-41)39(49)30-23-37(47)46(26-30)25-27-11-15-42-16-12-27/h3-12,15-16,21-22,30H,13-14,17-20,23-26H2,1-2H3,(H,43,48)(H,44,50). The zero-order chi connectivity index (χ0) is 38.4. The van der Waals surface area contributed by atoms with E-state index < -0.39 is 11.5 Å². The van der Waals surface area contributed by atoms with E-state index in [0.29, 0.717) is 53.2 Å². The Kier molecular flexibility index (Phi) is 11.0. The molecule has 2 fully saturated rings. The topological polar surface area (TPSA) is 158 Å². The monoisotopic (exact) mass is 749 g/mol. The Morgan fingerprint density at radius 3 is 2.29 bits per heavy atom. The molecule has 286 valence electrons. The third-order valence-corrected chi connectivity index (χ3v) is 10.1. The van der Waals surface area contributed by atoms with Crippen molar-refractivity contribution in [2.45, 2.75) is 38.0 Å². The van der Waals surface area contributed by atoms with Gasteiger partial charge in [0.05, 0.1) is 26.7 Å². The molecule has 1 aromatic heterocycles. The van der Waals surface area contributed by atoms with Crippen LogP contribution in [0.15, 0.2) is 85.2 Å². The summed E-state index contributed by atoms with van der Waals surface area (Å²) in [6.07, 6.45) is 3.99. The van der Waals surface area contributed by atoms with E-state index in [1.807, 2.05) is 18.2 Å². The molecular formula is C41H43N5O9. The van der Waals surface area contributed by atoms with Gasteiger partial charge in [0.15, 0.2) is 28.6 Å². The smallest absolute Gasteiger partial charge is 0.264 e. The summed E-state index contributed by atoms with van der Waals surface area (Å²) in [5, 5.41) is 5.90. The van der Waals surface area contributed by atoms with Gasteiger partial charge >= 0.3 is 0 Å². The molecule has 2 N–H and O–H groups in total. The summed E-state index contributed by atoms with van der Waals surface area (Å²) in [4.78, 5) is 61.2. The van der Waals surface area contributed by atoms with Gasteiger partial charge in [-0.1, -0.05) is 6.07 Å². The van der Waals surface area contributed by atoms with Gasteiger partial charge in [0.1, 0.15) is 18.1 Å².